The molecule has 1 saturated heterocycles. The lowest BCUT2D eigenvalue weighted by Gasteiger charge is -2.40. The Morgan fingerprint density at radius 3 is 2.31 bits per heavy atom. The van der Waals surface area contributed by atoms with Gasteiger partial charge in [-0.05, 0) is 45.7 Å². The van der Waals surface area contributed by atoms with Crippen LogP contribution in [0, 0.1) is 0 Å². The van der Waals surface area contributed by atoms with Crippen LogP contribution in [0.25, 0.3) is 11.0 Å². The minimum Gasteiger partial charge on any atom is -0.340 e. The van der Waals surface area contributed by atoms with Crippen LogP contribution in [0.4, 0.5) is 0 Å². The fourth-order valence-corrected chi connectivity index (χ4v) is 6.16. The van der Waals surface area contributed by atoms with E-state index in [2.05, 4.69) is 32.0 Å². The topological polar surface area (TPSA) is 96.6 Å². The minimum atomic E-state index is -3.72. The number of piperazine rings is 1. The third-order valence-electron chi connectivity index (χ3n) is 6.50. The summed E-state index contributed by atoms with van der Waals surface area (Å²) in [6.07, 6.45) is -0.0939. The Kier molecular flexibility index (Phi) is 7.04. The molecule has 8 nitrogen and oxygen atoms in total. The first-order chi connectivity index (χ1) is 17.4. The maximum atomic E-state index is 12.9. The zero-order chi connectivity index (χ0) is 25.1. The second-order valence-electron chi connectivity index (χ2n) is 8.74. The quantitative estimate of drug-likeness (QED) is 0.361. The van der Waals surface area contributed by atoms with E-state index in [0.717, 1.165) is 5.56 Å². The van der Waals surface area contributed by atoms with Gasteiger partial charge in [0.1, 0.15) is 5.52 Å². The minimum absolute atomic E-state index is 0.0348. The fourth-order valence-electron chi connectivity index (χ4n) is 4.65. The summed E-state index contributed by atoms with van der Waals surface area (Å²) in [5, 5.41) is 8.09. The van der Waals surface area contributed by atoms with Gasteiger partial charge in [-0.25, -0.2) is 13.0 Å². The van der Waals surface area contributed by atoms with Crippen LogP contribution < -0.4 is 0 Å². The molecule has 0 saturated carbocycles. The number of nitrogens with zero attached hydrogens (tertiary/aromatic N) is 4. The van der Waals surface area contributed by atoms with Gasteiger partial charge in [0.15, 0.2) is 15.4 Å². The maximum Gasteiger partial charge on any atom is 0.223 e. The zero-order valence-corrected chi connectivity index (χ0v) is 21.0. The van der Waals surface area contributed by atoms with Crippen molar-refractivity contribution in [3.63, 3.8) is 0 Å². The molecule has 0 spiro atoms. The molecule has 5 rings (SSSR count). The van der Waals surface area contributed by atoms with Gasteiger partial charge in [0.05, 0.1) is 16.7 Å². The fraction of sp³-hybridized carbons (Fsp3) is 0.269. The van der Waals surface area contributed by atoms with E-state index in [4.69, 9.17) is 11.6 Å². The van der Waals surface area contributed by atoms with E-state index in [1.165, 1.54) is 11.6 Å². The number of fused-ring (bicyclic) bond motifs is 1. The van der Waals surface area contributed by atoms with Gasteiger partial charge < -0.3 is 4.90 Å². The molecule has 1 aromatic heterocycles. The predicted molar refractivity (Wildman–Crippen MR) is 136 cm³/mol. The highest BCUT2D eigenvalue weighted by Crippen LogP contribution is 2.30. The van der Waals surface area contributed by atoms with Gasteiger partial charge in [0.25, 0.3) is 0 Å². The summed E-state index contributed by atoms with van der Waals surface area (Å²) in [5.74, 6) is -0.471. The third-order valence-corrected chi connectivity index (χ3v) is 8.49. The number of halogens is 1. The van der Waals surface area contributed by atoms with Gasteiger partial charge >= 0.3 is 0 Å². The lowest BCUT2D eigenvalue weighted by Crippen LogP contribution is -2.50. The monoisotopic (exact) mass is 524 g/mol. The van der Waals surface area contributed by atoms with Gasteiger partial charge in [0.2, 0.25) is 5.91 Å². The molecule has 1 unspecified atom stereocenters. The molecule has 0 bridgehead atoms. The summed E-state index contributed by atoms with van der Waals surface area (Å²) >= 11 is 6.11. The molecule has 10 heteroatoms. The van der Waals surface area contributed by atoms with E-state index in [9.17, 15) is 13.2 Å². The first kappa shape index (κ1) is 24.4. The molecule has 1 aliphatic heterocycles. The summed E-state index contributed by atoms with van der Waals surface area (Å²) in [5.41, 5.74) is 2.86. The van der Waals surface area contributed by atoms with Gasteiger partial charge in [-0.15, -0.1) is 0 Å². The van der Waals surface area contributed by atoms with E-state index in [1.54, 1.807) is 17.0 Å². The van der Waals surface area contributed by atoms with Crippen LogP contribution in [0.5, 0.6) is 0 Å². The SMILES string of the molecule is O=C(CCS(=O)(=O)c1cccc2nonc12)N1CCN(C(c2ccccc2)c2ccc(Cl)cc2)CC1. The highest BCUT2D eigenvalue weighted by atomic mass is 35.5. The van der Waals surface area contributed by atoms with Crippen LogP contribution in [0.2, 0.25) is 5.02 Å². The summed E-state index contributed by atoms with van der Waals surface area (Å²) < 4.78 is 30.5. The Bertz CT molecular complexity index is 1450. The molecule has 0 aliphatic carbocycles. The Morgan fingerprint density at radius 1 is 0.889 bits per heavy atom. The maximum absolute atomic E-state index is 12.9. The molecule has 3 aromatic carbocycles. The van der Waals surface area contributed by atoms with Crippen molar-refractivity contribution < 1.29 is 17.8 Å². The van der Waals surface area contributed by atoms with Gasteiger partial charge in [-0.3, -0.25) is 9.69 Å². The van der Waals surface area contributed by atoms with Crippen LogP contribution in [-0.4, -0.2) is 66.4 Å². The Labute approximate surface area is 214 Å². The molecule has 1 fully saturated rings. The summed E-state index contributed by atoms with van der Waals surface area (Å²) in [6.45, 7) is 2.40. The van der Waals surface area contributed by atoms with Crippen molar-refractivity contribution in [1.82, 2.24) is 20.1 Å². The normalized spacial score (nSPS) is 15.8. The first-order valence-corrected chi connectivity index (χ1v) is 13.7. The first-order valence-electron chi connectivity index (χ1n) is 11.7. The molecule has 0 radical (unpaired) electrons. The number of rotatable bonds is 7. The number of benzene rings is 3. The number of hydrogen-bond acceptors (Lipinski definition) is 7. The van der Waals surface area contributed by atoms with E-state index in [1.807, 2.05) is 42.5 Å². The predicted octanol–water partition coefficient (Wildman–Crippen LogP) is 3.97. The van der Waals surface area contributed by atoms with Crippen molar-refractivity contribution in [2.24, 2.45) is 0 Å². The van der Waals surface area contributed by atoms with Crippen LogP contribution in [0.15, 0.2) is 82.3 Å². The highest BCUT2D eigenvalue weighted by molar-refractivity contribution is 7.91. The molecule has 0 N–H and O–H groups in total. The summed E-state index contributed by atoms with van der Waals surface area (Å²) in [7, 11) is -3.72. The second-order valence-corrected chi connectivity index (χ2v) is 11.3. The average molecular weight is 525 g/mol. The molecule has 2 heterocycles. The molecule has 186 valence electrons. The number of carbonyl (C=O) groups is 1. The van der Waals surface area contributed by atoms with Crippen molar-refractivity contribution in [3.8, 4) is 0 Å². The molecule has 1 atom stereocenters. The van der Waals surface area contributed by atoms with E-state index < -0.39 is 9.84 Å². The van der Waals surface area contributed by atoms with Gasteiger partial charge in [0, 0.05) is 37.6 Å². The van der Waals surface area contributed by atoms with Crippen molar-refractivity contribution in [3.05, 3.63) is 88.9 Å². The number of hydrogen-bond donors (Lipinski definition) is 0. The van der Waals surface area contributed by atoms with Crippen LogP contribution in [0.3, 0.4) is 0 Å². The molecule has 1 amide bonds. The zero-order valence-electron chi connectivity index (χ0n) is 19.5. The van der Waals surface area contributed by atoms with Crippen molar-refractivity contribution >= 4 is 38.4 Å². The number of sulfone groups is 1. The molecular formula is C26H25ClN4O4S. The Hall–Kier alpha value is -3.27. The summed E-state index contributed by atoms with van der Waals surface area (Å²) in [4.78, 5) is 17.0. The van der Waals surface area contributed by atoms with Crippen LogP contribution >= 0.6 is 11.6 Å². The highest BCUT2D eigenvalue weighted by Gasteiger charge is 2.29. The molecule has 1 aliphatic rings. The van der Waals surface area contributed by atoms with Crippen LogP contribution in [0.1, 0.15) is 23.6 Å². The molecule has 4 aromatic rings. The standard InChI is InChI=1S/C26H25ClN4O4S/c27-21-11-9-20(10-12-21)26(19-5-2-1-3-6-19)31-16-14-30(15-17-31)24(32)13-18-36(33,34)23-8-4-7-22-25(23)29-35-28-22/h1-12,26H,13-18H2. The van der Waals surface area contributed by atoms with E-state index >= 15 is 0 Å². The lowest BCUT2D eigenvalue weighted by molar-refractivity contribution is -0.132. The Balaban J connectivity index is 1.24. The Morgan fingerprint density at radius 2 is 1.58 bits per heavy atom. The van der Waals surface area contributed by atoms with Crippen LogP contribution in [-0.2, 0) is 14.6 Å². The smallest absolute Gasteiger partial charge is 0.223 e. The number of carbonyl (C=O) groups excluding carboxylic acids is 1. The van der Waals surface area contributed by atoms with E-state index in [0.29, 0.717) is 36.7 Å². The third kappa shape index (κ3) is 5.13. The number of aromatic nitrogens is 2. The van der Waals surface area contributed by atoms with Crippen molar-refractivity contribution in [2.45, 2.75) is 17.4 Å². The largest absolute Gasteiger partial charge is 0.340 e. The molecular weight excluding hydrogens is 500 g/mol. The lowest BCUT2D eigenvalue weighted by atomic mass is 9.96. The van der Waals surface area contributed by atoms with Crippen molar-refractivity contribution in [2.75, 3.05) is 31.9 Å². The average Bonchev–Trinajstić information content (AvgIpc) is 3.39. The second kappa shape index (κ2) is 10.4. The van der Waals surface area contributed by atoms with Gasteiger partial charge in [-0.2, -0.15) is 0 Å². The van der Waals surface area contributed by atoms with Gasteiger partial charge in [-0.1, -0.05) is 60.1 Å². The van der Waals surface area contributed by atoms with E-state index in [-0.39, 0.29) is 34.5 Å². The van der Waals surface area contributed by atoms with Crippen molar-refractivity contribution in [1.29, 1.82) is 0 Å². The molecule has 36 heavy (non-hydrogen) atoms. The number of amides is 1. The summed E-state index contributed by atoms with van der Waals surface area (Å²) in [6, 6.07) is 22.8.